The largest absolute Gasteiger partial charge is 0.508 e. The van der Waals surface area contributed by atoms with Crippen LogP contribution in [0.5, 0.6) is 17.2 Å². The van der Waals surface area contributed by atoms with Crippen LogP contribution in [-0.2, 0) is 0 Å². The molecule has 0 amide bonds. The van der Waals surface area contributed by atoms with Gasteiger partial charge < -0.3 is 14.9 Å². The Labute approximate surface area is 134 Å². The second-order valence-corrected chi connectivity index (χ2v) is 6.42. The average molecular weight is 307 g/mol. The predicted molar refractivity (Wildman–Crippen MR) is 84.2 cm³/mol. The highest BCUT2D eigenvalue weighted by Crippen LogP contribution is 2.55. The number of benzene rings is 2. The second kappa shape index (κ2) is 5.20. The molecule has 1 unspecified atom stereocenters. The van der Waals surface area contributed by atoms with Crippen molar-refractivity contribution in [1.82, 2.24) is 0 Å². The lowest BCUT2D eigenvalue weighted by Gasteiger charge is -2.36. The van der Waals surface area contributed by atoms with Gasteiger partial charge in [-0.3, -0.25) is 0 Å². The molecule has 4 nitrogen and oxygen atoms in total. The van der Waals surface area contributed by atoms with Gasteiger partial charge in [-0.2, -0.15) is 5.26 Å². The van der Waals surface area contributed by atoms with Gasteiger partial charge in [0.25, 0.3) is 0 Å². The summed E-state index contributed by atoms with van der Waals surface area (Å²) < 4.78 is 6.22. The molecule has 2 aromatic rings. The molecule has 1 heterocycles. The number of nitriles is 1. The molecule has 2 aromatic carbocycles. The summed E-state index contributed by atoms with van der Waals surface area (Å²) in [6.45, 7) is 0. The first-order valence-electron chi connectivity index (χ1n) is 7.84. The van der Waals surface area contributed by atoms with E-state index in [1.54, 1.807) is 30.3 Å². The number of ether oxygens (including phenoxy) is 1. The molecule has 1 saturated carbocycles. The number of rotatable bonds is 1. The number of hydrogen-bond donors (Lipinski definition) is 2. The fourth-order valence-corrected chi connectivity index (χ4v) is 4.00. The zero-order valence-corrected chi connectivity index (χ0v) is 12.5. The fraction of sp³-hybridized carbons (Fsp3) is 0.316. The van der Waals surface area contributed by atoms with Crippen LogP contribution < -0.4 is 4.74 Å². The highest BCUT2D eigenvalue weighted by molar-refractivity contribution is 5.46. The molecule has 4 heteroatoms. The minimum absolute atomic E-state index is 0.0153. The summed E-state index contributed by atoms with van der Waals surface area (Å²) in [5.41, 5.74) is 2.01. The van der Waals surface area contributed by atoms with E-state index in [2.05, 4.69) is 6.07 Å². The standard InChI is InChI=1S/C19H17NO3/c20-10-11-7-15-16-9-14(22)5-6-18(16)23-19(17(15)8-11)12-1-3-13(21)4-2-12/h1-6,9,11,15,17,19,21-22H,7-8H2/t11?,15-,17-,19-/m0/s1. The molecule has 1 aliphatic carbocycles. The maximum absolute atomic E-state index is 9.80. The molecule has 23 heavy (non-hydrogen) atoms. The third-order valence-electron chi connectivity index (χ3n) is 5.05. The lowest BCUT2D eigenvalue weighted by atomic mass is 9.80. The van der Waals surface area contributed by atoms with Crippen LogP contribution in [0.3, 0.4) is 0 Å². The smallest absolute Gasteiger partial charge is 0.127 e. The first-order chi connectivity index (χ1) is 11.2. The molecule has 2 aliphatic rings. The van der Waals surface area contributed by atoms with E-state index in [0.717, 1.165) is 29.7 Å². The molecule has 4 rings (SSSR count). The molecular weight excluding hydrogens is 290 g/mol. The molecule has 2 N–H and O–H groups in total. The zero-order chi connectivity index (χ0) is 16.0. The van der Waals surface area contributed by atoms with Crippen molar-refractivity contribution in [1.29, 1.82) is 5.26 Å². The molecule has 0 radical (unpaired) electrons. The van der Waals surface area contributed by atoms with Crippen LogP contribution in [0.15, 0.2) is 42.5 Å². The Morgan fingerprint density at radius 2 is 1.74 bits per heavy atom. The quantitative estimate of drug-likeness (QED) is 0.839. The second-order valence-electron chi connectivity index (χ2n) is 6.42. The summed E-state index contributed by atoms with van der Waals surface area (Å²) in [6.07, 6.45) is 1.47. The van der Waals surface area contributed by atoms with E-state index >= 15 is 0 Å². The Hall–Kier alpha value is -2.67. The van der Waals surface area contributed by atoms with E-state index in [-0.39, 0.29) is 35.4 Å². The fourth-order valence-electron chi connectivity index (χ4n) is 4.00. The van der Waals surface area contributed by atoms with Crippen LogP contribution in [0.1, 0.15) is 36.0 Å². The number of nitrogens with zero attached hydrogens (tertiary/aromatic N) is 1. The summed E-state index contributed by atoms with van der Waals surface area (Å²) >= 11 is 0. The van der Waals surface area contributed by atoms with Crippen molar-refractivity contribution in [2.75, 3.05) is 0 Å². The van der Waals surface area contributed by atoms with E-state index in [1.807, 2.05) is 12.1 Å². The van der Waals surface area contributed by atoms with E-state index in [4.69, 9.17) is 4.74 Å². The number of aromatic hydroxyl groups is 2. The van der Waals surface area contributed by atoms with E-state index in [9.17, 15) is 15.5 Å². The third-order valence-corrected chi connectivity index (χ3v) is 5.05. The summed E-state index contributed by atoms with van der Waals surface area (Å²) in [5, 5.41) is 28.6. The van der Waals surface area contributed by atoms with Gasteiger partial charge in [0.2, 0.25) is 0 Å². The maximum Gasteiger partial charge on any atom is 0.127 e. The van der Waals surface area contributed by atoms with Gasteiger partial charge in [-0.15, -0.1) is 0 Å². The molecule has 1 fully saturated rings. The molecule has 116 valence electrons. The van der Waals surface area contributed by atoms with Crippen LogP contribution >= 0.6 is 0 Å². The maximum atomic E-state index is 9.80. The zero-order valence-electron chi connectivity index (χ0n) is 12.5. The summed E-state index contributed by atoms with van der Waals surface area (Å²) in [6, 6.07) is 14.7. The Kier molecular flexibility index (Phi) is 3.16. The SMILES string of the molecule is N#CC1C[C@H]2[C@@H](C1)c1cc(O)ccc1O[C@H]2c1ccc(O)cc1. The third kappa shape index (κ3) is 2.29. The Morgan fingerprint density at radius 1 is 1.00 bits per heavy atom. The first-order valence-corrected chi connectivity index (χ1v) is 7.84. The highest BCUT2D eigenvalue weighted by atomic mass is 16.5. The van der Waals surface area contributed by atoms with Crippen molar-refractivity contribution in [2.24, 2.45) is 11.8 Å². The first kappa shape index (κ1) is 14.0. The van der Waals surface area contributed by atoms with Gasteiger partial charge in [0.15, 0.2) is 0 Å². The van der Waals surface area contributed by atoms with Crippen LogP contribution in [0, 0.1) is 23.2 Å². The lowest BCUT2D eigenvalue weighted by molar-refractivity contribution is 0.103. The molecule has 4 atom stereocenters. The number of hydrogen-bond acceptors (Lipinski definition) is 4. The lowest BCUT2D eigenvalue weighted by Crippen LogP contribution is -2.26. The molecule has 0 bridgehead atoms. The van der Waals surface area contributed by atoms with Crippen LogP contribution in [0.4, 0.5) is 0 Å². The molecule has 0 saturated heterocycles. The Balaban J connectivity index is 1.78. The summed E-state index contributed by atoms with van der Waals surface area (Å²) in [4.78, 5) is 0. The van der Waals surface area contributed by atoms with Crippen LogP contribution in [0.25, 0.3) is 0 Å². The average Bonchev–Trinajstić information content (AvgIpc) is 3.00. The van der Waals surface area contributed by atoms with Gasteiger partial charge >= 0.3 is 0 Å². The van der Waals surface area contributed by atoms with Crippen molar-refractivity contribution in [3.8, 4) is 23.3 Å². The van der Waals surface area contributed by atoms with Gasteiger partial charge in [0, 0.05) is 17.4 Å². The molecule has 0 aromatic heterocycles. The van der Waals surface area contributed by atoms with Crippen molar-refractivity contribution in [3.05, 3.63) is 53.6 Å². The van der Waals surface area contributed by atoms with E-state index in [0.29, 0.717) is 0 Å². The van der Waals surface area contributed by atoms with Crippen LogP contribution in [-0.4, -0.2) is 10.2 Å². The molecule has 0 spiro atoms. The molecular formula is C19H17NO3. The molecule has 1 aliphatic heterocycles. The Morgan fingerprint density at radius 3 is 2.48 bits per heavy atom. The summed E-state index contributed by atoms with van der Waals surface area (Å²) in [5.74, 6) is 1.68. The van der Waals surface area contributed by atoms with Crippen molar-refractivity contribution < 1.29 is 14.9 Å². The topological polar surface area (TPSA) is 73.5 Å². The van der Waals surface area contributed by atoms with Crippen molar-refractivity contribution in [2.45, 2.75) is 24.9 Å². The van der Waals surface area contributed by atoms with E-state index < -0.39 is 0 Å². The minimum Gasteiger partial charge on any atom is -0.508 e. The van der Waals surface area contributed by atoms with Crippen molar-refractivity contribution in [3.63, 3.8) is 0 Å². The van der Waals surface area contributed by atoms with Gasteiger partial charge in [0.05, 0.1) is 6.07 Å². The van der Waals surface area contributed by atoms with Gasteiger partial charge in [0.1, 0.15) is 23.4 Å². The van der Waals surface area contributed by atoms with Gasteiger partial charge in [-0.05, 0) is 54.7 Å². The Bertz CT molecular complexity index is 778. The monoisotopic (exact) mass is 307 g/mol. The minimum atomic E-state index is -0.129. The van der Waals surface area contributed by atoms with Crippen molar-refractivity contribution >= 4 is 0 Å². The van der Waals surface area contributed by atoms with E-state index in [1.165, 1.54) is 0 Å². The summed E-state index contributed by atoms with van der Waals surface area (Å²) in [7, 11) is 0. The highest BCUT2D eigenvalue weighted by Gasteiger charge is 2.45. The predicted octanol–water partition coefficient (Wildman–Crippen LogP) is 3.86. The number of fused-ring (bicyclic) bond motifs is 3. The van der Waals surface area contributed by atoms with Gasteiger partial charge in [-0.1, -0.05) is 12.1 Å². The van der Waals surface area contributed by atoms with Crippen LogP contribution in [0.2, 0.25) is 0 Å². The number of phenolic OH excluding ortho intramolecular Hbond substituents is 2. The van der Waals surface area contributed by atoms with Gasteiger partial charge in [-0.25, -0.2) is 0 Å². The number of phenols is 2. The normalized spacial score (nSPS) is 28.3.